The molecule has 26 heavy (non-hydrogen) atoms. The molecule has 1 aromatic rings. The molecule has 1 saturated heterocycles. The summed E-state index contributed by atoms with van der Waals surface area (Å²) >= 11 is 0. The van der Waals surface area contributed by atoms with Crippen LogP contribution in [0.1, 0.15) is 25.8 Å². The smallest absolute Gasteiger partial charge is 0.237 e. The van der Waals surface area contributed by atoms with Gasteiger partial charge in [-0.2, -0.15) is 0 Å². The Bertz CT molecular complexity index is 616. The molecule has 1 fully saturated rings. The van der Waals surface area contributed by atoms with E-state index in [0.29, 0.717) is 26.2 Å². The minimum atomic E-state index is -0.475. The van der Waals surface area contributed by atoms with E-state index in [1.165, 1.54) is 0 Å². The summed E-state index contributed by atoms with van der Waals surface area (Å²) in [6.45, 7) is 5.95. The van der Waals surface area contributed by atoms with Crippen molar-refractivity contribution in [2.45, 2.75) is 32.4 Å². The second-order valence-corrected chi connectivity index (χ2v) is 6.72. The maximum absolute atomic E-state index is 12.6. The molecule has 6 heteroatoms. The highest BCUT2D eigenvalue weighted by molar-refractivity contribution is 5.89. The van der Waals surface area contributed by atoms with Crippen LogP contribution in [-0.4, -0.2) is 71.6 Å². The molecule has 2 amide bonds. The molecule has 0 bridgehead atoms. The van der Waals surface area contributed by atoms with Crippen molar-refractivity contribution in [1.82, 2.24) is 15.1 Å². The summed E-state index contributed by atoms with van der Waals surface area (Å²) in [4.78, 5) is 28.6. The summed E-state index contributed by atoms with van der Waals surface area (Å²) in [7, 11) is 0. The van der Waals surface area contributed by atoms with Gasteiger partial charge in [-0.3, -0.25) is 14.5 Å². The Balaban J connectivity index is 2.01. The van der Waals surface area contributed by atoms with E-state index >= 15 is 0 Å². The third-order valence-electron chi connectivity index (χ3n) is 4.54. The number of hydrogen-bond donors (Lipinski definition) is 2. The van der Waals surface area contributed by atoms with Gasteiger partial charge >= 0.3 is 0 Å². The van der Waals surface area contributed by atoms with Crippen molar-refractivity contribution in [2.24, 2.45) is 0 Å². The first-order chi connectivity index (χ1) is 12.5. The Morgan fingerprint density at radius 3 is 2.77 bits per heavy atom. The lowest BCUT2D eigenvalue weighted by atomic mass is 10.1. The average molecular weight is 359 g/mol. The van der Waals surface area contributed by atoms with Crippen LogP contribution in [0, 0.1) is 0 Å². The predicted octanol–water partition coefficient (Wildman–Crippen LogP) is 1.12. The maximum atomic E-state index is 12.6. The summed E-state index contributed by atoms with van der Waals surface area (Å²) in [5, 5.41) is 12.0. The highest BCUT2D eigenvalue weighted by atomic mass is 16.3. The van der Waals surface area contributed by atoms with E-state index < -0.39 is 6.04 Å². The van der Waals surface area contributed by atoms with Crippen LogP contribution in [0.3, 0.4) is 0 Å². The zero-order valence-electron chi connectivity index (χ0n) is 15.6. The molecule has 1 atom stereocenters. The van der Waals surface area contributed by atoms with Gasteiger partial charge in [0.25, 0.3) is 0 Å². The zero-order valence-corrected chi connectivity index (χ0v) is 15.6. The lowest BCUT2D eigenvalue weighted by molar-refractivity contribution is -0.140. The van der Waals surface area contributed by atoms with Gasteiger partial charge in [0.1, 0.15) is 0 Å². The second-order valence-electron chi connectivity index (χ2n) is 6.72. The van der Waals surface area contributed by atoms with E-state index in [9.17, 15) is 14.7 Å². The number of aliphatic hydroxyl groups excluding tert-OH is 1. The summed E-state index contributed by atoms with van der Waals surface area (Å²) in [6.07, 6.45) is 4.18. The molecule has 2 rings (SSSR count). The number of nitrogens with zero attached hydrogens (tertiary/aromatic N) is 2. The number of carbonyl (C=O) groups is 2. The number of rotatable bonds is 8. The maximum Gasteiger partial charge on any atom is 0.237 e. The molecule has 0 spiro atoms. The minimum Gasteiger partial charge on any atom is -0.395 e. The second kappa shape index (κ2) is 10.1. The normalized spacial score (nSPS) is 18.3. The zero-order chi connectivity index (χ0) is 18.9. The van der Waals surface area contributed by atoms with Crippen LogP contribution >= 0.6 is 0 Å². The van der Waals surface area contributed by atoms with Crippen molar-refractivity contribution in [2.75, 3.05) is 32.8 Å². The summed E-state index contributed by atoms with van der Waals surface area (Å²) in [6, 6.07) is 9.50. The van der Waals surface area contributed by atoms with Crippen LogP contribution in [0.15, 0.2) is 36.4 Å². The van der Waals surface area contributed by atoms with Crippen LogP contribution in [0.2, 0.25) is 0 Å². The van der Waals surface area contributed by atoms with Crippen LogP contribution in [0.5, 0.6) is 0 Å². The minimum absolute atomic E-state index is 0.00673. The summed E-state index contributed by atoms with van der Waals surface area (Å²) in [5.74, 6) is -0.210. The van der Waals surface area contributed by atoms with Crippen molar-refractivity contribution in [3.63, 3.8) is 0 Å². The summed E-state index contributed by atoms with van der Waals surface area (Å²) in [5.41, 5.74) is 1.11. The van der Waals surface area contributed by atoms with E-state index in [0.717, 1.165) is 5.56 Å². The van der Waals surface area contributed by atoms with Crippen LogP contribution < -0.4 is 5.32 Å². The molecule has 0 unspecified atom stereocenters. The molecule has 1 aliphatic rings. The summed E-state index contributed by atoms with van der Waals surface area (Å²) < 4.78 is 0. The predicted molar refractivity (Wildman–Crippen MR) is 102 cm³/mol. The fourth-order valence-corrected chi connectivity index (χ4v) is 3.15. The molecule has 0 aromatic heterocycles. The number of benzene rings is 1. The van der Waals surface area contributed by atoms with Crippen LogP contribution in [0.4, 0.5) is 0 Å². The monoisotopic (exact) mass is 359 g/mol. The molecule has 1 heterocycles. The van der Waals surface area contributed by atoms with Crippen LogP contribution in [-0.2, 0) is 9.59 Å². The Morgan fingerprint density at radius 2 is 2.12 bits per heavy atom. The number of hydrogen-bond acceptors (Lipinski definition) is 4. The SMILES string of the molecule is CC(C)N(CCO)C(=O)C[C@@H]1C(=O)NCCN1C/C=C/c1ccccc1. The van der Waals surface area contributed by atoms with Gasteiger partial charge in [-0.15, -0.1) is 0 Å². The molecular weight excluding hydrogens is 330 g/mol. The van der Waals surface area contributed by atoms with E-state index in [1.54, 1.807) is 4.90 Å². The van der Waals surface area contributed by atoms with Gasteiger partial charge < -0.3 is 15.3 Å². The molecular formula is C20H29N3O3. The van der Waals surface area contributed by atoms with E-state index in [-0.39, 0.29) is 30.9 Å². The van der Waals surface area contributed by atoms with Gasteiger partial charge in [0.2, 0.25) is 11.8 Å². The van der Waals surface area contributed by atoms with E-state index in [2.05, 4.69) is 5.32 Å². The Labute approximate surface area is 155 Å². The van der Waals surface area contributed by atoms with Gasteiger partial charge in [0.05, 0.1) is 19.1 Å². The highest BCUT2D eigenvalue weighted by Crippen LogP contribution is 2.13. The van der Waals surface area contributed by atoms with Gasteiger partial charge in [0.15, 0.2) is 0 Å². The van der Waals surface area contributed by atoms with Crippen molar-refractivity contribution >= 4 is 17.9 Å². The Kier molecular flexibility index (Phi) is 7.81. The number of carbonyl (C=O) groups excluding carboxylic acids is 2. The first-order valence-electron chi connectivity index (χ1n) is 9.16. The Morgan fingerprint density at radius 1 is 1.38 bits per heavy atom. The number of aliphatic hydroxyl groups is 1. The van der Waals surface area contributed by atoms with E-state index in [4.69, 9.17) is 0 Å². The number of amides is 2. The molecule has 0 aliphatic carbocycles. The van der Waals surface area contributed by atoms with Crippen molar-refractivity contribution in [3.8, 4) is 0 Å². The lowest BCUT2D eigenvalue weighted by Crippen LogP contribution is -2.57. The lowest BCUT2D eigenvalue weighted by Gasteiger charge is -2.35. The van der Waals surface area contributed by atoms with Gasteiger partial charge in [0, 0.05) is 32.2 Å². The molecule has 1 aliphatic heterocycles. The molecule has 1 aromatic carbocycles. The Hall–Kier alpha value is -2.18. The number of piperazine rings is 1. The van der Waals surface area contributed by atoms with Gasteiger partial charge in [-0.05, 0) is 19.4 Å². The third-order valence-corrected chi connectivity index (χ3v) is 4.54. The van der Waals surface area contributed by atoms with Crippen LogP contribution in [0.25, 0.3) is 6.08 Å². The van der Waals surface area contributed by atoms with Crippen molar-refractivity contribution in [1.29, 1.82) is 0 Å². The number of nitrogens with one attached hydrogen (secondary N) is 1. The fourth-order valence-electron chi connectivity index (χ4n) is 3.15. The molecule has 2 N–H and O–H groups in total. The van der Waals surface area contributed by atoms with Crippen molar-refractivity contribution < 1.29 is 14.7 Å². The van der Waals surface area contributed by atoms with Gasteiger partial charge in [-0.1, -0.05) is 42.5 Å². The first-order valence-corrected chi connectivity index (χ1v) is 9.16. The van der Waals surface area contributed by atoms with Crippen molar-refractivity contribution in [3.05, 3.63) is 42.0 Å². The first kappa shape index (κ1) is 20.1. The topological polar surface area (TPSA) is 72.9 Å². The largest absolute Gasteiger partial charge is 0.395 e. The fraction of sp³-hybridized carbons (Fsp3) is 0.500. The standard InChI is InChI=1S/C20H29N3O3/c1-16(2)23(13-14-24)19(25)15-18-20(26)21-10-12-22(18)11-6-9-17-7-4-3-5-8-17/h3-9,16,18,24H,10-15H2,1-2H3,(H,21,26)/b9-6+/t18-/m1/s1. The molecule has 0 radical (unpaired) electrons. The molecule has 0 saturated carbocycles. The van der Waals surface area contributed by atoms with Gasteiger partial charge in [-0.25, -0.2) is 0 Å². The quantitative estimate of drug-likeness (QED) is 0.730. The highest BCUT2D eigenvalue weighted by Gasteiger charge is 2.32. The molecule has 142 valence electrons. The average Bonchev–Trinajstić information content (AvgIpc) is 2.63. The van der Waals surface area contributed by atoms with E-state index in [1.807, 2.05) is 61.2 Å². The molecule has 6 nitrogen and oxygen atoms in total. The third kappa shape index (κ3) is 5.68.